The minimum Gasteiger partial charge on any atom is -0.496 e. The molecule has 1 amide bonds. The lowest BCUT2D eigenvalue weighted by Crippen LogP contribution is -2.26. The first-order valence-corrected chi connectivity index (χ1v) is 8.05. The highest BCUT2D eigenvalue weighted by molar-refractivity contribution is 8.13. The van der Waals surface area contributed by atoms with Crippen molar-refractivity contribution in [3.63, 3.8) is 0 Å². The zero-order valence-corrected chi connectivity index (χ0v) is 12.5. The minimum absolute atomic E-state index is 0.0104. The molecule has 0 N–H and O–H groups in total. The van der Waals surface area contributed by atoms with E-state index in [2.05, 4.69) is 25.4 Å². The summed E-state index contributed by atoms with van der Waals surface area (Å²) >= 11 is 0. The van der Waals surface area contributed by atoms with Crippen LogP contribution in [0, 0.1) is 0 Å². The molecule has 22 heavy (non-hydrogen) atoms. The fourth-order valence-electron chi connectivity index (χ4n) is 1.82. The molecule has 11 heteroatoms. The van der Waals surface area contributed by atoms with Gasteiger partial charge in [0, 0.05) is 10.7 Å². The number of rotatable bonds is 3. The van der Waals surface area contributed by atoms with Crippen molar-refractivity contribution in [3.05, 3.63) is 23.8 Å². The second kappa shape index (κ2) is 5.07. The van der Waals surface area contributed by atoms with Crippen LogP contribution >= 0.6 is 10.7 Å². The lowest BCUT2D eigenvalue weighted by Gasteiger charge is -2.11. The summed E-state index contributed by atoms with van der Waals surface area (Å²) in [6.45, 7) is 0. The maximum absolute atomic E-state index is 11.8. The number of halogens is 1. The third-order valence-electron chi connectivity index (χ3n) is 2.81. The number of hydrogen-bond donors (Lipinski definition) is 0. The second-order valence-corrected chi connectivity index (χ2v) is 6.68. The molecule has 0 aromatic heterocycles. The summed E-state index contributed by atoms with van der Waals surface area (Å²) < 4.78 is 28.0. The Morgan fingerprint density at radius 2 is 1.95 bits per heavy atom. The van der Waals surface area contributed by atoms with Gasteiger partial charge in [0.15, 0.2) is 5.84 Å². The molecule has 2 aliphatic heterocycles. The largest absolute Gasteiger partial charge is 0.496 e. The summed E-state index contributed by atoms with van der Waals surface area (Å²) in [4.78, 5) is 19.4. The second-order valence-electron chi connectivity index (χ2n) is 4.11. The Hall–Kier alpha value is -2.46. The van der Waals surface area contributed by atoms with E-state index < -0.39 is 15.0 Å². The van der Waals surface area contributed by atoms with E-state index in [1.165, 1.54) is 25.3 Å². The lowest BCUT2D eigenvalue weighted by atomic mass is 10.1. The van der Waals surface area contributed by atoms with Crippen LogP contribution in [-0.2, 0) is 13.8 Å². The molecular formula is C11H6ClN5O4S. The van der Waals surface area contributed by atoms with E-state index >= 15 is 0 Å². The molecule has 1 aromatic rings. The van der Waals surface area contributed by atoms with Crippen LogP contribution in [0.5, 0.6) is 5.75 Å². The van der Waals surface area contributed by atoms with Gasteiger partial charge in [-0.25, -0.2) is 13.4 Å². The fourth-order valence-corrected chi connectivity index (χ4v) is 2.60. The lowest BCUT2D eigenvalue weighted by molar-refractivity contribution is -0.111. The highest BCUT2D eigenvalue weighted by Crippen LogP contribution is 2.26. The van der Waals surface area contributed by atoms with Crippen molar-refractivity contribution < 1.29 is 17.9 Å². The van der Waals surface area contributed by atoms with Crippen LogP contribution in [0.2, 0.25) is 0 Å². The molecular weight excluding hydrogens is 334 g/mol. The Balaban J connectivity index is 2.17. The maximum Gasteiger partial charge on any atom is 0.303 e. The Morgan fingerprint density at radius 3 is 2.64 bits per heavy atom. The number of carbonyl (C=O) groups excluding carboxylic acids is 1. The van der Waals surface area contributed by atoms with E-state index in [1.807, 2.05) is 0 Å². The molecule has 0 bridgehead atoms. The zero-order valence-electron chi connectivity index (χ0n) is 10.9. The minimum atomic E-state index is -3.96. The molecule has 0 aliphatic carbocycles. The van der Waals surface area contributed by atoms with Crippen molar-refractivity contribution in [1.29, 1.82) is 0 Å². The van der Waals surface area contributed by atoms with Gasteiger partial charge in [-0.3, -0.25) is 4.79 Å². The Kier molecular flexibility index (Phi) is 3.34. The van der Waals surface area contributed by atoms with Gasteiger partial charge in [-0.1, -0.05) is 0 Å². The molecule has 3 rings (SSSR count). The van der Waals surface area contributed by atoms with E-state index in [9.17, 15) is 13.2 Å². The van der Waals surface area contributed by atoms with Gasteiger partial charge >= 0.3 is 5.91 Å². The predicted molar refractivity (Wildman–Crippen MR) is 77.3 cm³/mol. The van der Waals surface area contributed by atoms with Gasteiger partial charge in [0.1, 0.15) is 5.75 Å². The summed E-state index contributed by atoms with van der Waals surface area (Å²) in [5.41, 5.74) is 0.120. The zero-order chi connectivity index (χ0) is 15.9. The van der Waals surface area contributed by atoms with Crippen LogP contribution in [0.3, 0.4) is 0 Å². The summed E-state index contributed by atoms with van der Waals surface area (Å²) in [6, 6.07) is 3.87. The normalized spacial score (nSPS) is 16.8. The number of amidine groups is 2. The SMILES string of the molecule is COc1ccc(S(=O)(=O)Cl)cc1C1=NC(=O)C2=NN=NC2=N1. The van der Waals surface area contributed by atoms with Crippen LogP contribution in [-0.4, -0.2) is 38.8 Å². The van der Waals surface area contributed by atoms with Gasteiger partial charge in [-0.2, -0.15) is 4.99 Å². The molecule has 0 radical (unpaired) electrons. The van der Waals surface area contributed by atoms with Crippen molar-refractivity contribution in [3.8, 4) is 5.75 Å². The quantitative estimate of drug-likeness (QED) is 0.766. The van der Waals surface area contributed by atoms with Crippen molar-refractivity contribution in [2.45, 2.75) is 4.90 Å². The molecule has 0 atom stereocenters. The standard InChI is InChI=1S/C11H6ClN5O4S/c1-21-7-3-2-5(22(12,19)20)4-6(7)9-13-10-8(11(18)14-9)15-17-16-10/h2-4H,1H3. The predicted octanol–water partition coefficient (Wildman–Crippen LogP) is 1.13. The molecule has 0 fully saturated rings. The van der Waals surface area contributed by atoms with Gasteiger partial charge in [0.2, 0.25) is 11.5 Å². The highest BCUT2D eigenvalue weighted by Gasteiger charge is 2.29. The smallest absolute Gasteiger partial charge is 0.303 e. The van der Waals surface area contributed by atoms with E-state index in [4.69, 9.17) is 15.4 Å². The average Bonchev–Trinajstić information content (AvgIpc) is 2.94. The summed E-state index contributed by atoms with van der Waals surface area (Å²) in [6.07, 6.45) is 0. The molecule has 0 unspecified atom stereocenters. The number of nitrogens with zero attached hydrogens (tertiary/aromatic N) is 5. The number of hydrogen-bond acceptors (Lipinski definition) is 8. The number of carbonyl (C=O) groups is 1. The monoisotopic (exact) mass is 339 g/mol. The third-order valence-corrected chi connectivity index (χ3v) is 4.16. The number of benzene rings is 1. The number of fused-ring (bicyclic) bond motifs is 1. The number of amides is 1. The molecule has 0 spiro atoms. The summed E-state index contributed by atoms with van der Waals surface area (Å²) in [5.74, 6) is -0.448. The van der Waals surface area contributed by atoms with E-state index in [-0.39, 0.29) is 33.6 Å². The van der Waals surface area contributed by atoms with Gasteiger partial charge < -0.3 is 4.74 Å². The van der Waals surface area contributed by atoms with E-state index in [0.29, 0.717) is 0 Å². The Bertz CT molecular complexity index is 916. The molecule has 0 saturated carbocycles. The van der Waals surface area contributed by atoms with Gasteiger partial charge in [-0.05, 0) is 23.4 Å². The first kappa shape index (κ1) is 14.5. The molecule has 112 valence electrons. The van der Waals surface area contributed by atoms with Crippen molar-refractivity contribution >= 4 is 43.0 Å². The molecule has 9 nitrogen and oxygen atoms in total. The van der Waals surface area contributed by atoms with E-state index in [1.54, 1.807) is 0 Å². The van der Waals surface area contributed by atoms with Crippen LogP contribution in [0.15, 0.2) is 48.5 Å². The molecule has 2 heterocycles. The average molecular weight is 340 g/mol. The number of ether oxygens (including phenoxy) is 1. The number of methoxy groups -OCH3 is 1. The van der Waals surface area contributed by atoms with Crippen molar-refractivity contribution in [1.82, 2.24) is 0 Å². The first-order chi connectivity index (χ1) is 10.4. The molecule has 2 aliphatic rings. The fraction of sp³-hybridized carbons (Fsp3) is 0.0909. The number of aliphatic imine (C=N–C) groups is 2. The Labute approximate surface area is 128 Å². The van der Waals surface area contributed by atoms with Gasteiger partial charge in [0.25, 0.3) is 9.05 Å². The van der Waals surface area contributed by atoms with Crippen molar-refractivity contribution in [2.75, 3.05) is 7.11 Å². The van der Waals surface area contributed by atoms with Gasteiger partial charge in [0.05, 0.1) is 17.6 Å². The maximum atomic E-state index is 11.8. The topological polar surface area (TPSA) is 122 Å². The van der Waals surface area contributed by atoms with Crippen LogP contribution in [0.25, 0.3) is 0 Å². The summed E-state index contributed by atoms with van der Waals surface area (Å²) in [7, 11) is 2.74. The summed E-state index contributed by atoms with van der Waals surface area (Å²) in [5, 5.41) is 10.4. The Morgan fingerprint density at radius 1 is 1.18 bits per heavy atom. The van der Waals surface area contributed by atoms with Crippen LogP contribution in [0.1, 0.15) is 5.56 Å². The van der Waals surface area contributed by atoms with Crippen LogP contribution in [0.4, 0.5) is 0 Å². The van der Waals surface area contributed by atoms with E-state index in [0.717, 1.165) is 0 Å². The van der Waals surface area contributed by atoms with Gasteiger partial charge in [-0.15, -0.1) is 10.2 Å². The molecule has 1 aromatic carbocycles. The highest BCUT2D eigenvalue weighted by atomic mass is 35.7. The van der Waals surface area contributed by atoms with Crippen molar-refractivity contribution in [2.24, 2.45) is 25.4 Å². The van der Waals surface area contributed by atoms with Crippen LogP contribution < -0.4 is 4.74 Å². The molecule has 0 saturated heterocycles. The third kappa shape index (κ3) is 2.42. The first-order valence-electron chi connectivity index (χ1n) is 5.74.